The lowest BCUT2D eigenvalue weighted by atomic mass is 10.2. The van der Waals surface area contributed by atoms with Gasteiger partial charge in [-0.25, -0.2) is 14.6 Å². The van der Waals surface area contributed by atoms with Gasteiger partial charge in [0.2, 0.25) is 0 Å². The number of hydrogen-bond donors (Lipinski definition) is 4. The van der Waals surface area contributed by atoms with Gasteiger partial charge in [0.1, 0.15) is 6.04 Å². The lowest BCUT2D eigenvalue weighted by Crippen LogP contribution is -2.47. The van der Waals surface area contributed by atoms with Crippen molar-refractivity contribution in [2.75, 3.05) is 6.54 Å². The number of carboxylic acid groups (broad SMARTS) is 1. The molecule has 0 fully saturated rings. The van der Waals surface area contributed by atoms with Gasteiger partial charge in [0.15, 0.2) is 0 Å². The zero-order valence-electron chi connectivity index (χ0n) is 10.2. The predicted molar refractivity (Wildman–Crippen MR) is 60.9 cm³/mol. The van der Waals surface area contributed by atoms with E-state index in [1.165, 1.54) is 12.5 Å². The number of nitrogens with zero attached hydrogens (tertiary/aromatic N) is 1. The Labute approximate surface area is 111 Å². The van der Waals surface area contributed by atoms with E-state index >= 15 is 0 Å². The van der Waals surface area contributed by atoms with Crippen LogP contribution in [0.25, 0.3) is 0 Å². The van der Waals surface area contributed by atoms with Crippen LogP contribution in [0.4, 0.5) is 18.0 Å². The third kappa shape index (κ3) is 6.07. The molecular formula is C10H13F3N4O3. The van der Waals surface area contributed by atoms with Crippen LogP contribution < -0.4 is 10.6 Å². The average molecular weight is 294 g/mol. The molecule has 0 radical (unpaired) electrons. The van der Waals surface area contributed by atoms with Crippen molar-refractivity contribution in [3.8, 4) is 0 Å². The third-order valence-corrected chi connectivity index (χ3v) is 2.28. The molecule has 7 nitrogen and oxygen atoms in total. The smallest absolute Gasteiger partial charge is 0.390 e. The molecule has 0 bridgehead atoms. The van der Waals surface area contributed by atoms with Crippen LogP contribution in [0.1, 0.15) is 12.1 Å². The molecule has 0 saturated carbocycles. The van der Waals surface area contributed by atoms with Gasteiger partial charge in [-0.15, -0.1) is 0 Å². The Morgan fingerprint density at radius 1 is 1.45 bits per heavy atom. The second-order valence-electron chi connectivity index (χ2n) is 3.94. The second-order valence-corrected chi connectivity index (χ2v) is 3.94. The van der Waals surface area contributed by atoms with Crippen LogP contribution in [0.3, 0.4) is 0 Å². The van der Waals surface area contributed by atoms with Crippen molar-refractivity contribution in [2.24, 2.45) is 0 Å². The zero-order valence-corrected chi connectivity index (χ0v) is 10.2. The molecular weight excluding hydrogens is 281 g/mol. The first-order valence-electron chi connectivity index (χ1n) is 5.59. The number of carbonyl (C=O) groups excluding carboxylic acids is 1. The van der Waals surface area contributed by atoms with E-state index in [0.29, 0.717) is 5.69 Å². The fourth-order valence-electron chi connectivity index (χ4n) is 1.34. The number of aromatic amines is 1. The number of urea groups is 1. The summed E-state index contributed by atoms with van der Waals surface area (Å²) in [4.78, 5) is 28.6. The van der Waals surface area contributed by atoms with Crippen molar-refractivity contribution >= 4 is 12.0 Å². The predicted octanol–water partition coefficient (Wildman–Crippen LogP) is 0.657. The van der Waals surface area contributed by atoms with Crippen LogP contribution >= 0.6 is 0 Å². The quantitative estimate of drug-likeness (QED) is 0.618. The van der Waals surface area contributed by atoms with Gasteiger partial charge in [0.05, 0.1) is 12.7 Å². The summed E-state index contributed by atoms with van der Waals surface area (Å²) in [5.41, 5.74) is 0.480. The monoisotopic (exact) mass is 294 g/mol. The molecule has 112 valence electrons. The number of alkyl halides is 3. The number of aliphatic carboxylic acids is 1. The highest BCUT2D eigenvalue weighted by atomic mass is 19.4. The Bertz CT molecular complexity index is 447. The van der Waals surface area contributed by atoms with Crippen molar-refractivity contribution in [1.29, 1.82) is 0 Å². The zero-order chi connectivity index (χ0) is 15.2. The van der Waals surface area contributed by atoms with E-state index in [0.717, 1.165) is 0 Å². The molecule has 1 atom stereocenters. The number of nitrogens with one attached hydrogen (secondary N) is 3. The highest BCUT2D eigenvalue weighted by molar-refractivity contribution is 5.82. The molecule has 0 aliphatic rings. The molecule has 4 N–H and O–H groups in total. The summed E-state index contributed by atoms with van der Waals surface area (Å²) in [5.74, 6) is -1.30. The SMILES string of the molecule is O=C(NCCC(F)(F)F)N[C@H](Cc1cnc[nH]1)C(=O)O. The number of hydrogen-bond acceptors (Lipinski definition) is 3. The number of aromatic nitrogens is 2. The molecule has 0 spiro atoms. The molecule has 0 aromatic carbocycles. The number of H-pyrrole nitrogens is 1. The first-order valence-corrected chi connectivity index (χ1v) is 5.59. The van der Waals surface area contributed by atoms with Crippen LogP contribution in [0.5, 0.6) is 0 Å². The molecule has 0 unspecified atom stereocenters. The van der Waals surface area contributed by atoms with Crippen molar-refractivity contribution in [3.63, 3.8) is 0 Å². The van der Waals surface area contributed by atoms with Crippen molar-refractivity contribution in [3.05, 3.63) is 18.2 Å². The molecule has 1 aromatic rings. The minimum atomic E-state index is -4.38. The van der Waals surface area contributed by atoms with Crippen molar-refractivity contribution < 1.29 is 27.9 Å². The number of amides is 2. The minimum absolute atomic E-state index is 0.0535. The van der Waals surface area contributed by atoms with E-state index in [-0.39, 0.29) is 6.42 Å². The molecule has 1 aromatic heterocycles. The van der Waals surface area contributed by atoms with E-state index in [2.05, 4.69) is 15.3 Å². The maximum absolute atomic E-state index is 11.9. The molecule has 20 heavy (non-hydrogen) atoms. The Morgan fingerprint density at radius 2 is 2.15 bits per heavy atom. The van der Waals surface area contributed by atoms with Crippen LogP contribution in [-0.4, -0.2) is 45.8 Å². The fraction of sp³-hybridized carbons (Fsp3) is 0.500. The Balaban J connectivity index is 2.41. The van der Waals surface area contributed by atoms with Gasteiger partial charge in [0, 0.05) is 24.9 Å². The minimum Gasteiger partial charge on any atom is -0.480 e. The molecule has 2 amide bonds. The Hall–Kier alpha value is -2.26. The summed E-state index contributed by atoms with van der Waals surface area (Å²) in [7, 11) is 0. The molecule has 1 heterocycles. The van der Waals surface area contributed by atoms with Crippen molar-refractivity contribution in [2.45, 2.75) is 25.1 Å². The lowest BCUT2D eigenvalue weighted by molar-refractivity contribution is -0.139. The summed E-state index contributed by atoms with van der Waals surface area (Å²) < 4.78 is 35.6. The number of carbonyl (C=O) groups is 2. The van der Waals surface area contributed by atoms with Gasteiger partial charge in [-0.05, 0) is 0 Å². The standard InChI is InChI=1S/C10H13F3N4O3/c11-10(12,13)1-2-15-9(20)17-7(8(18)19)3-6-4-14-5-16-6/h4-5,7H,1-3H2,(H,14,16)(H,18,19)(H2,15,17,20)/t7-/m1/s1. The van der Waals surface area contributed by atoms with Gasteiger partial charge in [-0.1, -0.05) is 0 Å². The summed E-state index contributed by atoms with van der Waals surface area (Å²) in [5, 5.41) is 12.9. The van der Waals surface area contributed by atoms with Crippen molar-refractivity contribution in [1.82, 2.24) is 20.6 Å². The first-order chi connectivity index (χ1) is 9.28. The van der Waals surface area contributed by atoms with Crippen LogP contribution in [-0.2, 0) is 11.2 Å². The van der Waals surface area contributed by atoms with Gasteiger partial charge >= 0.3 is 18.2 Å². The second kappa shape index (κ2) is 6.78. The summed E-state index contributed by atoms with van der Waals surface area (Å²) in [6.45, 7) is -0.619. The summed E-state index contributed by atoms with van der Waals surface area (Å²) in [6.07, 6.45) is -2.88. The van der Waals surface area contributed by atoms with E-state index in [4.69, 9.17) is 5.11 Å². The number of carboxylic acids is 1. The van der Waals surface area contributed by atoms with E-state index in [1.54, 1.807) is 0 Å². The molecule has 1 rings (SSSR count). The van der Waals surface area contributed by atoms with E-state index < -0.39 is 37.2 Å². The average Bonchev–Trinajstić information content (AvgIpc) is 2.79. The first kappa shape index (κ1) is 15.8. The van der Waals surface area contributed by atoms with Crippen LogP contribution in [0.15, 0.2) is 12.5 Å². The molecule has 0 saturated heterocycles. The molecule has 0 aliphatic carbocycles. The Morgan fingerprint density at radius 3 is 2.65 bits per heavy atom. The van der Waals surface area contributed by atoms with E-state index in [9.17, 15) is 22.8 Å². The van der Waals surface area contributed by atoms with Crippen LogP contribution in [0.2, 0.25) is 0 Å². The van der Waals surface area contributed by atoms with Crippen LogP contribution in [0, 0.1) is 0 Å². The van der Waals surface area contributed by atoms with Gasteiger partial charge in [-0.2, -0.15) is 13.2 Å². The summed E-state index contributed by atoms with van der Waals surface area (Å²) >= 11 is 0. The molecule has 10 heteroatoms. The largest absolute Gasteiger partial charge is 0.480 e. The fourth-order valence-corrected chi connectivity index (χ4v) is 1.34. The molecule has 0 aliphatic heterocycles. The van der Waals surface area contributed by atoms with Gasteiger partial charge in [-0.3, -0.25) is 0 Å². The lowest BCUT2D eigenvalue weighted by Gasteiger charge is -2.14. The maximum Gasteiger partial charge on any atom is 0.390 e. The van der Waals surface area contributed by atoms with Gasteiger partial charge in [0.25, 0.3) is 0 Å². The number of halogens is 3. The summed E-state index contributed by atoms with van der Waals surface area (Å²) in [6, 6.07) is -2.23. The van der Waals surface area contributed by atoms with E-state index in [1.807, 2.05) is 5.32 Å². The topological polar surface area (TPSA) is 107 Å². The Kier molecular flexibility index (Phi) is 5.35. The maximum atomic E-state index is 11.9. The third-order valence-electron chi connectivity index (χ3n) is 2.28. The number of rotatable bonds is 6. The normalized spacial score (nSPS) is 12.8. The number of imidazole rings is 1. The van der Waals surface area contributed by atoms with Gasteiger partial charge < -0.3 is 20.7 Å². The highest BCUT2D eigenvalue weighted by Gasteiger charge is 2.27. The highest BCUT2D eigenvalue weighted by Crippen LogP contribution is 2.17.